The molecule has 1 aliphatic heterocycles. The summed E-state index contributed by atoms with van der Waals surface area (Å²) in [6.45, 7) is 3.35. The van der Waals surface area contributed by atoms with Crippen molar-refractivity contribution in [2.75, 3.05) is 13.7 Å². The van der Waals surface area contributed by atoms with Crippen LogP contribution in [-0.2, 0) is 13.0 Å². The van der Waals surface area contributed by atoms with Gasteiger partial charge in [-0.3, -0.25) is 0 Å². The number of benzene rings is 3. The number of rotatable bonds is 9. The molecule has 5 heteroatoms. The summed E-state index contributed by atoms with van der Waals surface area (Å²) >= 11 is 0. The maximum absolute atomic E-state index is 11.3. The molecule has 0 radical (unpaired) electrons. The molecule has 3 aromatic carbocycles. The van der Waals surface area contributed by atoms with Crippen LogP contribution in [0.2, 0.25) is 0 Å². The van der Waals surface area contributed by atoms with Crippen LogP contribution in [0.3, 0.4) is 0 Å². The van der Waals surface area contributed by atoms with E-state index in [0.29, 0.717) is 19.4 Å². The molecule has 0 spiro atoms. The van der Waals surface area contributed by atoms with Gasteiger partial charge in [0.05, 0.1) is 12.7 Å². The minimum atomic E-state index is -0.753. The predicted octanol–water partition coefficient (Wildman–Crippen LogP) is 4.77. The zero-order valence-corrected chi connectivity index (χ0v) is 19.4. The summed E-state index contributed by atoms with van der Waals surface area (Å²) in [5.41, 5.74) is 1.49. The smallest absolute Gasteiger partial charge is 0.120 e. The Morgan fingerprint density at radius 1 is 0.909 bits per heavy atom. The van der Waals surface area contributed by atoms with Gasteiger partial charge in [-0.1, -0.05) is 42.5 Å². The van der Waals surface area contributed by atoms with Gasteiger partial charge >= 0.3 is 0 Å². The van der Waals surface area contributed by atoms with Crippen LogP contribution in [0.5, 0.6) is 17.2 Å². The van der Waals surface area contributed by atoms with E-state index in [2.05, 4.69) is 12.2 Å². The van der Waals surface area contributed by atoms with Crippen LogP contribution < -0.4 is 19.5 Å². The number of hydrogen-bond acceptors (Lipinski definition) is 5. The Labute approximate surface area is 196 Å². The summed E-state index contributed by atoms with van der Waals surface area (Å²) in [5.74, 6) is 2.43. The van der Waals surface area contributed by atoms with Crippen LogP contribution in [0, 0.1) is 0 Å². The minimum Gasteiger partial charge on any atom is -0.497 e. The highest BCUT2D eigenvalue weighted by molar-refractivity contribution is 5.32. The lowest BCUT2D eigenvalue weighted by Gasteiger charge is -2.40. The Hall–Kier alpha value is -3.02. The second kappa shape index (κ2) is 10.7. The first-order chi connectivity index (χ1) is 16.0. The van der Waals surface area contributed by atoms with Crippen LogP contribution in [-0.4, -0.2) is 36.5 Å². The van der Waals surface area contributed by atoms with Gasteiger partial charge in [-0.15, -0.1) is 0 Å². The molecule has 0 saturated carbocycles. The molecule has 3 aromatic rings. The molecule has 3 atom stereocenters. The molecule has 1 saturated heterocycles. The second-order valence-electron chi connectivity index (χ2n) is 8.83. The number of methoxy groups -OCH3 is 1. The molecule has 0 amide bonds. The summed E-state index contributed by atoms with van der Waals surface area (Å²) in [5, 5.41) is 14.8. The van der Waals surface area contributed by atoms with Crippen LogP contribution >= 0.6 is 0 Å². The third-order valence-electron chi connectivity index (χ3n) is 6.25. The molecule has 1 aliphatic rings. The molecule has 174 valence electrons. The van der Waals surface area contributed by atoms with Crippen molar-refractivity contribution in [2.24, 2.45) is 0 Å². The molecule has 0 aliphatic carbocycles. The van der Waals surface area contributed by atoms with Gasteiger partial charge in [-0.25, -0.2) is 0 Å². The fourth-order valence-electron chi connectivity index (χ4n) is 4.34. The Kier molecular flexibility index (Phi) is 7.53. The first kappa shape index (κ1) is 23.1. The number of hydrogen-bond donors (Lipinski definition) is 2. The lowest BCUT2D eigenvalue weighted by atomic mass is 9.81. The van der Waals surface area contributed by atoms with E-state index in [0.717, 1.165) is 41.3 Å². The largest absolute Gasteiger partial charge is 0.497 e. The second-order valence-corrected chi connectivity index (χ2v) is 8.83. The first-order valence-corrected chi connectivity index (χ1v) is 11.6. The summed E-state index contributed by atoms with van der Waals surface area (Å²) < 4.78 is 17.3. The molecule has 5 nitrogen and oxygen atoms in total. The van der Waals surface area contributed by atoms with Crippen molar-refractivity contribution in [1.29, 1.82) is 0 Å². The predicted molar refractivity (Wildman–Crippen MR) is 130 cm³/mol. The van der Waals surface area contributed by atoms with Crippen molar-refractivity contribution in [3.05, 3.63) is 90.0 Å². The van der Waals surface area contributed by atoms with Gasteiger partial charge in [0.25, 0.3) is 0 Å². The van der Waals surface area contributed by atoms with E-state index in [1.54, 1.807) is 7.11 Å². The molecule has 1 heterocycles. The maximum atomic E-state index is 11.3. The van der Waals surface area contributed by atoms with Gasteiger partial charge in [0.2, 0.25) is 0 Å². The van der Waals surface area contributed by atoms with Gasteiger partial charge in [0, 0.05) is 12.5 Å². The van der Waals surface area contributed by atoms with Crippen LogP contribution in [0.15, 0.2) is 78.9 Å². The molecule has 0 aromatic heterocycles. The normalized spacial score (nSPS) is 21.2. The van der Waals surface area contributed by atoms with Crippen molar-refractivity contribution in [2.45, 2.75) is 50.5 Å². The Bertz CT molecular complexity index is 991. The molecule has 1 fully saturated rings. The van der Waals surface area contributed by atoms with Crippen molar-refractivity contribution in [3.63, 3.8) is 0 Å². The number of nitrogens with one attached hydrogen (secondary N) is 1. The summed E-state index contributed by atoms with van der Waals surface area (Å²) in [6, 6.07) is 25.8. The average molecular weight is 448 g/mol. The van der Waals surface area contributed by atoms with E-state index in [1.807, 2.05) is 78.9 Å². The highest BCUT2D eigenvalue weighted by Gasteiger charge is 2.37. The number of piperidine rings is 1. The van der Waals surface area contributed by atoms with E-state index in [-0.39, 0.29) is 12.1 Å². The molecule has 4 rings (SSSR count). The zero-order valence-electron chi connectivity index (χ0n) is 19.4. The van der Waals surface area contributed by atoms with E-state index < -0.39 is 5.60 Å². The summed E-state index contributed by atoms with van der Waals surface area (Å²) in [7, 11) is 1.66. The van der Waals surface area contributed by atoms with Crippen LogP contribution in [0.4, 0.5) is 0 Å². The van der Waals surface area contributed by atoms with Crippen LogP contribution in [0.1, 0.15) is 30.9 Å². The van der Waals surface area contributed by atoms with Crippen molar-refractivity contribution >= 4 is 0 Å². The van der Waals surface area contributed by atoms with Crippen molar-refractivity contribution < 1.29 is 19.3 Å². The van der Waals surface area contributed by atoms with Gasteiger partial charge in [0.15, 0.2) is 0 Å². The highest BCUT2D eigenvalue weighted by atomic mass is 16.5. The summed E-state index contributed by atoms with van der Waals surface area (Å²) in [6.07, 6.45) is 1.90. The monoisotopic (exact) mass is 447 g/mol. The third kappa shape index (κ3) is 6.50. The Balaban J connectivity index is 1.30. The van der Waals surface area contributed by atoms with Crippen molar-refractivity contribution in [1.82, 2.24) is 5.32 Å². The first-order valence-electron chi connectivity index (χ1n) is 11.6. The lowest BCUT2D eigenvalue weighted by Crippen LogP contribution is -2.54. The number of ether oxygens (including phenoxy) is 3. The van der Waals surface area contributed by atoms with Gasteiger partial charge < -0.3 is 24.6 Å². The zero-order chi connectivity index (χ0) is 23.1. The molecular formula is C28H33NO4. The number of aliphatic hydroxyl groups is 1. The van der Waals surface area contributed by atoms with Gasteiger partial charge in [-0.05, 0) is 73.8 Å². The van der Waals surface area contributed by atoms with E-state index >= 15 is 0 Å². The average Bonchev–Trinajstić information content (AvgIpc) is 2.84. The maximum Gasteiger partial charge on any atom is 0.120 e. The Morgan fingerprint density at radius 2 is 1.58 bits per heavy atom. The minimum absolute atomic E-state index is 0.0657. The quantitative estimate of drug-likeness (QED) is 0.495. The fraction of sp³-hybridized carbons (Fsp3) is 0.357. The van der Waals surface area contributed by atoms with E-state index in [9.17, 15) is 5.11 Å². The van der Waals surface area contributed by atoms with Gasteiger partial charge in [-0.2, -0.15) is 0 Å². The fourth-order valence-corrected chi connectivity index (χ4v) is 4.34. The third-order valence-corrected chi connectivity index (χ3v) is 6.25. The molecule has 3 unspecified atom stereocenters. The van der Waals surface area contributed by atoms with Crippen molar-refractivity contribution in [3.8, 4) is 17.2 Å². The van der Waals surface area contributed by atoms with Crippen LogP contribution in [0.25, 0.3) is 0 Å². The molecule has 33 heavy (non-hydrogen) atoms. The lowest BCUT2D eigenvalue weighted by molar-refractivity contribution is -0.0206. The summed E-state index contributed by atoms with van der Waals surface area (Å²) in [4.78, 5) is 0. The highest BCUT2D eigenvalue weighted by Crippen LogP contribution is 2.29. The standard InChI is InChI=1S/C28H33NO4/c1-21(33-26-14-12-25(13-15-26)32-20-23-6-4-3-5-7-23)27-19-28(30,16-17-29-27)18-22-8-10-24(31-2)11-9-22/h3-15,21,27,29-30H,16-20H2,1-2H3. The van der Waals surface area contributed by atoms with E-state index in [4.69, 9.17) is 14.2 Å². The van der Waals surface area contributed by atoms with Gasteiger partial charge in [0.1, 0.15) is 30.0 Å². The SMILES string of the molecule is COc1ccc(CC2(O)CCNC(C(C)Oc3ccc(OCc4ccccc4)cc3)C2)cc1. The molecule has 0 bridgehead atoms. The van der Waals surface area contributed by atoms with E-state index in [1.165, 1.54) is 0 Å². The topological polar surface area (TPSA) is 60.0 Å². The molecular weight excluding hydrogens is 414 g/mol. The molecule has 2 N–H and O–H groups in total. The Morgan fingerprint density at radius 3 is 2.27 bits per heavy atom.